The molecule has 3 rings (SSSR count). The van der Waals surface area contributed by atoms with Gasteiger partial charge in [-0.3, -0.25) is 9.36 Å². The van der Waals surface area contributed by atoms with Crippen LogP contribution in [0.15, 0.2) is 9.40 Å². The molecule has 0 radical (unpaired) electrons. The third-order valence-corrected chi connectivity index (χ3v) is 4.30. The standard InChI is InChI=1S/C13H16BrN5O/c1-7-9-11(18-13(15-2)16-7)19(8-5-3-4-6-8)12(20)10(14)17-9/h8H,3-6H2,1-2H3,(H,15,16,18). The van der Waals surface area contributed by atoms with Crippen LogP contribution in [-0.2, 0) is 0 Å². The zero-order valence-electron chi connectivity index (χ0n) is 11.5. The van der Waals surface area contributed by atoms with Gasteiger partial charge in [0.15, 0.2) is 10.3 Å². The molecule has 0 spiro atoms. The lowest BCUT2D eigenvalue weighted by Gasteiger charge is -2.17. The van der Waals surface area contributed by atoms with Crippen molar-refractivity contribution in [3.05, 3.63) is 20.7 Å². The smallest absolute Gasteiger partial charge is 0.285 e. The Hall–Kier alpha value is -1.50. The van der Waals surface area contributed by atoms with Crippen molar-refractivity contribution in [3.8, 4) is 0 Å². The molecule has 0 unspecified atom stereocenters. The molecule has 2 aromatic heterocycles. The number of rotatable bonds is 2. The Bertz CT molecular complexity index is 721. The Labute approximate surface area is 124 Å². The number of nitrogens with zero attached hydrogens (tertiary/aromatic N) is 4. The largest absolute Gasteiger partial charge is 0.357 e. The number of nitrogens with one attached hydrogen (secondary N) is 1. The average molecular weight is 338 g/mol. The Balaban J connectivity index is 2.37. The van der Waals surface area contributed by atoms with Gasteiger partial charge in [-0.1, -0.05) is 12.8 Å². The maximum atomic E-state index is 12.5. The van der Waals surface area contributed by atoms with E-state index in [1.807, 2.05) is 6.92 Å². The van der Waals surface area contributed by atoms with Crippen molar-refractivity contribution in [2.75, 3.05) is 12.4 Å². The highest BCUT2D eigenvalue weighted by atomic mass is 79.9. The fourth-order valence-electron chi connectivity index (χ4n) is 2.81. The van der Waals surface area contributed by atoms with Gasteiger partial charge in [0.1, 0.15) is 5.52 Å². The summed E-state index contributed by atoms with van der Waals surface area (Å²) in [4.78, 5) is 25.6. The Morgan fingerprint density at radius 2 is 1.95 bits per heavy atom. The van der Waals surface area contributed by atoms with Crippen molar-refractivity contribution in [2.24, 2.45) is 0 Å². The van der Waals surface area contributed by atoms with Gasteiger partial charge >= 0.3 is 0 Å². The molecule has 1 aliphatic carbocycles. The minimum Gasteiger partial charge on any atom is -0.357 e. The number of hydrogen-bond donors (Lipinski definition) is 1. The van der Waals surface area contributed by atoms with Gasteiger partial charge < -0.3 is 5.32 Å². The molecule has 0 atom stereocenters. The van der Waals surface area contributed by atoms with Gasteiger partial charge in [0.25, 0.3) is 5.56 Å². The fraction of sp³-hybridized carbons (Fsp3) is 0.538. The van der Waals surface area contributed by atoms with Gasteiger partial charge in [-0.05, 0) is 35.7 Å². The van der Waals surface area contributed by atoms with E-state index in [2.05, 4.69) is 36.2 Å². The van der Waals surface area contributed by atoms with Gasteiger partial charge in [-0.15, -0.1) is 0 Å². The first kappa shape index (κ1) is 13.5. The molecule has 0 aromatic carbocycles. The molecular formula is C13H16BrN5O. The van der Waals surface area contributed by atoms with Crippen molar-refractivity contribution in [2.45, 2.75) is 38.6 Å². The highest BCUT2D eigenvalue weighted by Gasteiger charge is 2.23. The normalized spacial score (nSPS) is 15.9. The highest BCUT2D eigenvalue weighted by Crippen LogP contribution is 2.31. The summed E-state index contributed by atoms with van der Waals surface area (Å²) in [6, 6.07) is 0.211. The van der Waals surface area contributed by atoms with Crippen molar-refractivity contribution in [1.29, 1.82) is 0 Å². The monoisotopic (exact) mass is 337 g/mol. The predicted molar refractivity (Wildman–Crippen MR) is 81.1 cm³/mol. The molecule has 2 aromatic rings. The van der Waals surface area contributed by atoms with Crippen LogP contribution in [0.5, 0.6) is 0 Å². The highest BCUT2D eigenvalue weighted by molar-refractivity contribution is 9.10. The zero-order chi connectivity index (χ0) is 14.3. The van der Waals surface area contributed by atoms with E-state index in [9.17, 15) is 4.79 Å². The van der Waals surface area contributed by atoms with Crippen LogP contribution in [0.3, 0.4) is 0 Å². The molecule has 0 amide bonds. The summed E-state index contributed by atoms with van der Waals surface area (Å²) in [6.45, 7) is 1.88. The number of aryl methyl sites for hydroxylation is 1. The van der Waals surface area contributed by atoms with E-state index in [1.54, 1.807) is 11.6 Å². The first-order valence-corrected chi connectivity index (χ1v) is 7.55. The lowest BCUT2D eigenvalue weighted by Crippen LogP contribution is -2.27. The summed E-state index contributed by atoms with van der Waals surface area (Å²) in [5, 5.41) is 2.93. The van der Waals surface area contributed by atoms with Crippen LogP contribution >= 0.6 is 15.9 Å². The predicted octanol–water partition coefficient (Wildman–Crippen LogP) is 2.41. The van der Waals surface area contributed by atoms with E-state index < -0.39 is 0 Å². The third kappa shape index (κ3) is 2.09. The molecule has 20 heavy (non-hydrogen) atoms. The second-order valence-corrected chi connectivity index (χ2v) is 5.82. The van der Waals surface area contributed by atoms with E-state index in [-0.39, 0.29) is 11.6 Å². The van der Waals surface area contributed by atoms with Crippen LogP contribution < -0.4 is 10.9 Å². The van der Waals surface area contributed by atoms with Gasteiger partial charge in [0.05, 0.1) is 5.69 Å². The molecule has 0 bridgehead atoms. The second kappa shape index (κ2) is 5.12. The van der Waals surface area contributed by atoms with Gasteiger partial charge in [0, 0.05) is 13.1 Å². The summed E-state index contributed by atoms with van der Waals surface area (Å²) in [6.07, 6.45) is 4.34. The van der Waals surface area contributed by atoms with E-state index >= 15 is 0 Å². The summed E-state index contributed by atoms with van der Waals surface area (Å²) in [7, 11) is 1.77. The van der Waals surface area contributed by atoms with Crippen LogP contribution in [0.1, 0.15) is 37.4 Å². The Morgan fingerprint density at radius 1 is 1.25 bits per heavy atom. The third-order valence-electron chi connectivity index (χ3n) is 3.79. The summed E-state index contributed by atoms with van der Waals surface area (Å²) >= 11 is 3.27. The van der Waals surface area contributed by atoms with E-state index in [4.69, 9.17) is 0 Å². The second-order valence-electron chi connectivity index (χ2n) is 5.07. The number of anilines is 1. The molecule has 0 saturated heterocycles. The topological polar surface area (TPSA) is 72.7 Å². The molecule has 1 aliphatic rings. The Kier molecular flexibility index (Phi) is 3.45. The summed E-state index contributed by atoms with van der Waals surface area (Å²) in [5.41, 5.74) is 1.97. The SMILES string of the molecule is CNc1nc(C)c2nc(Br)c(=O)n(C3CCCC3)c2n1. The maximum absolute atomic E-state index is 12.5. The van der Waals surface area contributed by atoms with Gasteiger partial charge in [-0.2, -0.15) is 4.98 Å². The molecule has 1 fully saturated rings. The number of fused-ring (bicyclic) bond motifs is 1. The van der Waals surface area contributed by atoms with Crippen LogP contribution in [0, 0.1) is 6.92 Å². The molecule has 2 heterocycles. The van der Waals surface area contributed by atoms with Crippen LogP contribution in [0.4, 0.5) is 5.95 Å². The molecule has 1 saturated carbocycles. The lowest BCUT2D eigenvalue weighted by molar-refractivity contribution is 0.512. The average Bonchev–Trinajstić information content (AvgIpc) is 2.94. The molecule has 106 valence electrons. The van der Waals surface area contributed by atoms with Crippen molar-refractivity contribution in [3.63, 3.8) is 0 Å². The first-order valence-electron chi connectivity index (χ1n) is 6.76. The van der Waals surface area contributed by atoms with Gasteiger partial charge in [0.2, 0.25) is 5.95 Å². The van der Waals surface area contributed by atoms with Crippen LogP contribution in [0.2, 0.25) is 0 Å². The molecule has 1 N–H and O–H groups in total. The summed E-state index contributed by atoms with van der Waals surface area (Å²) < 4.78 is 2.12. The van der Waals surface area contributed by atoms with Crippen molar-refractivity contribution >= 4 is 33.0 Å². The lowest BCUT2D eigenvalue weighted by atomic mass is 10.2. The molecule has 6 nitrogen and oxygen atoms in total. The van der Waals surface area contributed by atoms with Gasteiger partial charge in [-0.25, -0.2) is 9.97 Å². The number of hydrogen-bond acceptors (Lipinski definition) is 5. The molecular weight excluding hydrogens is 322 g/mol. The van der Waals surface area contributed by atoms with E-state index in [1.165, 1.54) is 0 Å². The first-order chi connectivity index (χ1) is 9.61. The number of aromatic nitrogens is 4. The number of halogens is 1. The maximum Gasteiger partial charge on any atom is 0.285 e. The quantitative estimate of drug-likeness (QED) is 0.910. The Morgan fingerprint density at radius 3 is 2.60 bits per heavy atom. The van der Waals surface area contributed by atoms with E-state index in [0.29, 0.717) is 21.7 Å². The van der Waals surface area contributed by atoms with E-state index in [0.717, 1.165) is 31.4 Å². The minimum atomic E-state index is -0.107. The van der Waals surface area contributed by atoms with Crippen LogP contribution in [0.25, 0.3) is 11.2 Å². The minimum absolute atomic E-state index is 0.107. The van der Waals surface area contributed by atoms with Crippen LogP contribution in [-0.4, -0.2) is 26.6 Å². The zero-order valence-corrected chi connectivity index (χ0v) is 13.1. The summed E-state index contributed by atoms with van der Waals surface area (Å²) in [5.74, 6) is 0.519. The van der Waals surface area contributed by atoms with Crippen molar-refractivity contribution in [1.82, 2.24) is 19.5 Å². The molecule has 0 aliphatic heterocycles. The molecule has 7 heteroatoms. The van der Waals surface area contributed by atoms with Crippen molar-refractivity contribution < 1.29 is 0 Å². The fourth-order valence-corrected chi connectivity index (χ4v) is 3.17.